The third-order valence-electron chi connectivity index (χ3n) is 4.20. The van der Waals surface area contributed by atoms with Crippen LogP contribution in [-0.4, -0.2) is 46.1 Å². The minimum Gasteiger partial charge on any atom is -0.383 e. The van der Waals surface area contributed by atoms with Gasteiger partial charge in [-0.15, -0.1) is 10.2 Å². The predicted molar refractivity (Wildman–Crippen MR) is 98.9 cm³/mol. The van der Waals surface area contributed by atoms with Crippen molar-refractivity contribution < 1.29 is 9.26 Å². The zero-order valence-electron chi connectivity index (χ0n) is 16.3. The molecule has 9 heteroatoms. The van der Waals surface area contributed by atoms with Gasteiger partial charge in [0.1, 0.15) is 11.6 Å². The molecule has 0 saturated carbocycles. The van der Waals surface area contributed by atoms with Crippen molar-refractivity contribution in [1.82, 2.24) is 30.6 Å². The van der Waals surface area contributed by atoms with E-state index in [9.17, 15) is 0 Å². The lowest BCUT2D eigenvalue weighted by Gasteiger charge is -2.12. The van der Waals surface area contributed by atoms with Crippen LogP contribution in [0.4, 0.5) is 0 Å². The van der Waals surface area contributed by atoms with Gasteiger partial charge in [-0.05, 0) is 13.3 Å². The fourth-order valence-electron chi connectivity index (χ4n) is 2.49. The van der Waals surface area contributed by atoms with Crippen LogP contribution in [0, 0.1) is 6.92 Å². The molecule has 0 fully saturated rings. The third-order valence-corrected chi connectivity index (χ3v) is 4.20. The first kappa shape index (κ1) is 19.9. The van der Waals surface area contributed by atoms with E-state index in [2.05, 4.69) is 44.8 Å². The number of hydrogen-bond acceptors (Lipinski definition) is 6. The third kappa shape index (κ3) is 5.04. The molecule has 0 aromatic carbocycles. The second kappa shape index (κ2) is 9.91. The lowest BCUT2D eigenvalue weighted by Crippen LogP contribution is -2.39. The predicted octanol–water partition coefficient (Wildman–Crippen LogP) is 1.12. The van der Waals surface area contributed by atoms with E-state index in [1.807, 2.05) is 18.5 Å². The lowest BCUT2D eigenvalue weighted by atomic mass is 10.1. The van der Waals surface area contributed by atoms with Gasteiger partial charge < -0.3 is 24.5 Å². The van der Waals surface area contributed by atoms with Gasteiger partial charge in [0.15, 0.2) is 11.8 Å². The van der Waals surface area contributed by atoms with Gasteiger partial charge in [0.05, 0.1) is 25.4 Å². The second-order valence-electron chi connectivity index (χ2n) is 5.90. The summed E-state index contributed by atoms with van der Waals surface area (Å²) in [7, 11) is 3.62. The molecule has 0 unspecified atom stereocenters. The van der Waals surface area contributed by atoms with E-state index in [1.165, 1.54) is 0 Å². The zero-order valence-corrected chi connectivity index (χ0v) is 16.3. The van der Waals surface area contributed by atoms with Crippen LogP contribution in [0.15, 0.2) is 9.52 Å². The van der Waals surface area contributed by atoms with Crippen molar-refractivity contribution in [3.63, 3.8) is 0 Å². The van der Waals surface area contributed by atoms with E-state index < -0.39 is 0 Å². The van der Waals surface area contributed by atoms with Crippen molar-refractivity contribution in [2.24, 2.45) is 12.0 Å². The molecule has 0 bridgehead atoms. The Morgan fingerprint density at radius 1 is 1.23 bits per heavy atom. The molecule has 0 aliphatic rings. The molecule has 2 N–H and O–H groups in total. The highest BCUT2D eigenvalue weighted by Gasteiger charge is 2.13. The summed E-state index contributed by atoms with van der Waals surface area (Å²) >= 11 is 0. The number of nitrogens with one attached hydrogen (secondary N) is 2. The number of ether oxygens (including phenoxy) is 1. The molecule has 2 rings (SSSR count). The highest BCUT2D eigenvalue weighted by molar-refractivity contribution is 5.79. The summed E-state index contributed by atoms with van der Waals surface area (Å²) in [6, 6.07) is 0. The number of rotatable bonds is 9. The molecule has 0 atom stereocenters. The Morgan fingerprint density at radius 2 is 2.04 bits per heavy atom. The van der Waals surface area contributed by atoms with Gasteiger partial charge in [0.25, 0.3) is 0 Å². The summed E-state index contributed by atoms with van der Waals surface area (Å²) in [5.41, 5.74) is 2.03. The van der Waals surface area contributed by atoms with Crippen LogP contribution in [0.3, 0.4) is 0 Å². The molecule has 9 nitrogen and oxygen atoms in total. The minimum absolute atomic E-state index is 0.510. The van der Waals surface area contributed by atoms with Crippen LogP contribution in [0.25, 0.3) is 0 Å². The van der Waals surface area contributed by atoms with E-state index in [4.69, 9.17) is 9.26 Å². The van der Waals surface area contributed by atoms with Crippen molar-refractivity contribution in [3.8, 4) is 0 Å². The lowest BCUT2D eigenvalue weighted by molar-refractivity contribution is 0.203. The number of guanidine groups is 1. The Labute approximate surface area is 154 Å². The summed E-state index contributed by atoms with van der Waals surface area (Å²) in [4.78, 5) is 4.69. The van der Waals surface area contributed by atoms with E-state index in [0.29, 0.717) is 32.2 Å². The standard InChI is InChI=1S/C17H29N7O2/c1-6-14-13(15(7-2)26-23-14)10-19-17(18-8-9-25-5)20-11-16-22-21-12(3)24(16)4/h6-11H2,1-5H3,(H2,18,19,20). The molecular weight excluding hydrogens is 334 g/mol. The summed E-state index contributed by atoms with van der Waals surface area (Å²) in [6.45, 7) is 8.34. The topological polar surface area (TPSA) is 102 Å². The molecule has 0 saturated heterocycles. The maximum absolute atomic E-state index is 5.41. The number of aliphatic imine (C=N–C) groups is 1. The number of aromatic nitrogens is 4. The second-order valence-corrected chi connectivity index (χ2v) is 5.90. The summed E-state index contributed by atoms with van der Waals surface area (Å²) in [6.07, 6.45) is 1.63. The van der Waals surface area contributed by atoms with Gasteiger partial charge in [-0.2, -0.15) is 0 Å². The smallest absolute Gasteiger partial charge is 0.192 e. The van der Waals surface area contributed by atoms with E-state index in [0.717, 1.165) is 41.5 Å². The molecule has 0 amide bonds. The van der Waals surface area contributed by atoms with Crippen molar-refractivity contribution >= 4 is 5.96 Å². The molecule has 0 aliphatic heterocycles. The first-order valence-electron chi connectivity index (χ1n) is 8.92. The van der Waals surface area contributed by atoms with Gasteiger partial charge in [-0.1, -0.05) is 19.0 Å². The highest BCUT2D eigenvalue weighted by Crippen LogP contribution is 2.16. The molecule has 144 valence electrons. The van der Waals surface area contributed by atoms with E-state index >= 15 is 0 Å². The van der Waals surface area contributed by atoms with E-state index in [-0.39, 0.29) is 0 Å². The van der Waals surface area contributed by atoms with Crippen molar-refractivity contribution in [3.05, 3.63) is 28.7 Å². The molecule has 2 aromatic heterocycles. The maximum atomic E-state index is 5.41. The monoisotopic (exact) mass is 363 g/mol. The average molecular weight is 363 g/mol. The van der Waals surface area contributed by atoms with Crippen LogP contribution in [-0.2, 0) is 37.7 Å². The molecule has 0 aliphatic carbocycles. The van der Waals surface area contributed by atoms with Crippen LogP contribution in [0.2, 0.25) is 0 Å². The van der Waals surface area contributed by atoms with Gasteiger partial charge in [0, 0.05) is 32.7 Å². The molecule has 0 spiro atoms. The average Bonchev–Trinajstić information content (AvgIpc) is 3.20. The fourth-order valence-corrected chi connectivity index (χ4v) is 2.49. The van der Waals surface area contributed by atoms with Crippen LogP contribution < -0.4 is 10.6 Å². The van der Waals surface area contributed by atoms with Crippen LogP contribution in [0.5, 0.6) is 0 Å². The first-order chi connectivity index (χ1) is 12.6. The van der Waals surface area contributed by atoms with E-state index in [1.54, 1.807) is 7.11 Å². The van der Waals surface area contributed by atoms with Crippen LogP contribution >= 0.6 is 0 Å². The maximum Gasteiger partial charge on any atom is 0.192 e. The number of methoxy groups -OCH3 is 1. The highest BCUT2D eigenvalue weighted by atomic mass is 16.5. The molecule has 0 radical (unpaired) electrons. The molecule has 26 heavy (non-hydrogen) atoms. The molecular formula is C17H29N7O2. The SMILES string of the molecule is CCc1noc(CC)c1CN=C(NCCOC)NCc1nnc(C)n1C. The number of hydrogen-bond donors (Lipinski definition) is 2. The molecule has 2 aromatic rings. The fraction of sp³-hybridized carbons (Fsp3) is 0.647. The Kier molecular flexibility index (Phi) is 7.58. The zero-order chi connectivity index (χ0) is 18.9. The normalized spacial score (nSPS) is 11.8. The van der Waals surface area contributed by atoms with Crippen molar-refractivity contribution in [2.45, 2.75) is 46.7 Å². The Hall–Kier alpha value is -2.42. The van der Waals surface area contributed by atoms with Gasteiger partial charge in [-0.25, -0.2) is 4.99 Å². The largest absolute Gasteiger partial charge is 0.383 e. The number of aryl methyl sites for hydroxylation is 3. The van der Waals surface area contributed by atoms with Crippen LogP contribution in [0.1, 0.15) is 42.5 Å². The van der Waals surface area contributed by atoms with Crippen molar-refractivity contribution in [2.75, 3.05) is 20.3 Å². The van der Waals surface area contributed by atoms with Gasteiger partial charge in [-0.3, -0.25) is 0 Å². The number of nitrogens with zero attached hydrogens (tertiary/aromatic N) is 5. The van der Waals surface area contributed by atoms with Gasteiger partial charge in [0.2, 0.25) is 0 Å². The van der Waals surface area contributed by atoms with Gasteiger partial charge >= 0.3 is 0 Å². The van der Waals surface area contributed by atoms with Crippen molar-refractivity contribution in [1.29, 1.82) is 0 Å². The minimum atomic E-state index is 0.510. The molecule has 2 heterocycles. The summed E-state index contributed by atoms with van der Waals surface area (Å²) in [5, 5.41) is 18.9. The first-order valence-corrected chi connectivity index (χ1v) is 8.92. The summed E-state index contributed by atoms with van der Waals surface area (Å²) < 4.78 is 12.5. The Bertz CT molecular complexity index is 699. The summed E-state index contributed by atoms with van der Waals surface area (Å²) in [5.74, 6) is 3.30. The quantitative estimate of drug-likeness (QED) is 0.391. The Balaban J connectivity index is 2.09. The Morgan fingerprint density at radius 3 is 2.65 bits per heavy atom.